The molecule has 4 N–H and O–H groups in total. The van der Waals surface area contributed by atoms with Crippen molar-refractivity contribution in [2.75, 3.05) is 31.6 Å². The third kappa shape index (κ3) is 14.3. The standard InChI is InChI=1S/C17H21N5O.3C2HF3O2/c1-4-19-17(20-5-1)21-8-14-12-23-16-11-22(10-15(14)16)9-13-2-6-18-7-3-13;3*3-2(4,5)1(6)7/h1-7,14-16H,8-12H2,(H,19,20,21);3*(H,6,7)/t14-,15+,16+;;;/m0.../s1. The Hall–Kier alpha value is -4.27. The summed E-state index contributed by atoms with van der Waals surface area (Å²) in [7, 11) is 0. The van der Waals surface area contributed by atoms with Crippen molar-refractivity contribution in [3.05, 3.63) is 48.5 Å². The Bertz CT molecular complexity index is 1130. The van der Waals surface area contributed by atoms with Crippen molar-refractivity contribution in [2.24, 2.45) is 11.8 Å². The molecule has 3 atom stereocenters. The number of alkyl halides is 9. The van der Waals surface area contributed by atoms with Crippen molar-refractivity contribution >= 4 is 23.9 Å². The molecule has 0 bridgehead atoms. The van der Waals surface area contributed by atoms with E-state index in [-0.39, 0.29) is 0 Å². The van der Waals surface area contributed by atoms with Gasteiger partial charge in [-0.1, -0.05) is 0 Å². The van der Waals surface area contributed by atoms with Gasteiger partial charge in [0.25, 0.3) is 0 Å². The lowest BCUT2D eigenvalue weighted by molar-refractivity contribution is -0.193. The normalized spacial score (nSPS) is 19.5. The van der Waals surface area contributed by atoms with Crippen LogP contribution in [0.15, 0.2) is 43.0 Å². The molecule has 2 saturated heterocycles. The highest BCUT2D eigenvalue weighted by atomic mass is 19.4. The molecule has 2 fully saturated rings. The van der Waals surface area contributed by atoms with E-state index in [9.17, 15) is 39.5 Å². The van der Waals surface area contributed by atoms with E-state index in [1.54, 1.807) is 12.4 Å². The fraction of sp³-hybridized carbons (Fsp3) is 0.478. The monoisotopic (exact) mass is 653 g/mol. The highest BCUT2D eigenvalue weighted by molar-refractivity contribution is 5.73. The molecule has 0 saturated carbocycles. The summed E-state index contributed by atoms with van der Waals surface area (Å²) in [5.74, 6) is -6.46. The van der Waals surface area contributed by atoms with Gasteiger partial charge in [0.15, 0.2) is 0 Å². The molecule has 246 valence electrons. The lowest BCUT2D eigenvalue weighted by Gasteiger charge is -2.19. The Morgan fingerprint density at radius 2 is 1.27 bits per heavy atom. The van der Waals surface area contributed by atoms with Gasteiger partial charge in [-0.2, -0.15) is 39.5 Å². The fourth-order valence-electron chi connectivity index (χ4n) is 3.58. The van der Waals surface area contributed by atoms with Crippen molar-refractivity contribution < 1.29 is 74.0 Å². The lowest BCUT2D eigenvalue weighted by Crippen LogP contribution is -2.27. The first-order chi connectivity index (χ1) is 20.2. The number of nitrogens with zero attached hydrogens (tertiary/aromatic N) is 4. The maximum absolute atomic E-state index is 10.6. The van der Waals surface area contributed by atoms with Crippen molar-refractivity contribution in [3.8, 4) is 0 Å². The summed E-state index contributed by atoms with van der Waals surface area (Å²) in [6.45, 7) is 4.79. The number of aromatic nitrogens is 3. The first-order valence-corrected chi connectivity index (χ1v) is 11.9. The second-order valence-corrected chi connectivity index (χ2v) is 8.71. The molecule has 44 heavy (non-hydrogen) atoms. The van der Waals surface area contributed by atoms with Gasteiger partial charge >= 0.3 is 36.4 Å². The van der Waals surface area contributed by atoms with Crippen molar-refractivity contribution in [1.82, 2.24) is 19.9 Å². The minimum Gasteiger partial charge on any atom is -0.475 e. The van der Waals surface area contributed by atoms with Gasteiger partial charge in [0.05, 0.1) is 12.7 Å². The maximum atomic E-state index is 10.6. The minimum absolute atomic E-state index is 0.361. The van der Waals surface area contributed by atoms with Crippen LogP contribution in [0.1, 0.15) is 5.56 Å². The third-order valence-electron chi connectivity index (χ3n) is 5.49. The molecule has 2 aliphatic heterocycles. The number of carboxylic acids is 3. The molecule has 0 aliphatic carbocycles. The maximum Gasteiger partial charge on any atom is 0.490 e. The summed E-state index contributed by atoms with van der Waals surface area (Å²) in [6, 6.07) is 6.00. The Morgan fingerprint density at radius 1 is 0.818 bits per heavy atom. The zero-order valence-corrected chi connectivity index (χ0v) is 22.0. The van der Waals surface area contributed by atoms with E-state index in [0.29, 0.717) is 23.9 Å². The second kappa shape index (κ2) is 16.5. The minimum atomic E-state index is -5.08. The van der Waals surface area contributed by atoms with Gasteiger partial charge in [0, 0.05) is 62.8 Å². The Kier molecular flexibility index (Phi) is 14.2. The van der Waals surface area contributed by atoms with Crippen LogP contribution in [0.5, 0.6) is 0 Å². The molecule has 0 radical (unpaired) electrons. The summed E-state index contributed by atoms with van der Waals surface area (Å²) in [4.78, 5) is 41.7. The molecule has 21 heteroatoms. The topological polar surface area (TPSA) is 175 Å². The van der Waals surface area contributed by atoms with Crippen LogP contribution in [-0.2, 0) is 25.7 Å². The summed E-state index contributed by atoms with van der Waals surface area (Å²) in [5.41, 5.74) is 1.31. The molecule has 2 aromatic heterocycles. The molecular weight excluding hydrogens is 629 g/mol. The third-order valence-corrected chi connectivity index (χ3v) is 5.49. The molecule has 12 nitrogen and oxygen atoms in total. The molecule has 0 unspecified atom stereocenters. The molecule has 0 aromatic carbocycles. The summed E-state index contributed by atoms with van der Waals surface area (Å²) in [5, 5.41) is 24.7. The zero-order valence-electron chi connectivity index (χ0n) is 22.0. The van der Waals surface area contributed by atoms with Crippen LogP contribution in [0.4, 0.5) is 45.5 Å². The zero-order chi connectivity index (χ0) is 33.7. The lowest BCUT2D eigenvalue weighted by atomic mass is 9.93. The van der Waals surface area contributed by atoms with Crippen LogP contribution in [0, 0.1) is 11.8 Å². The molecule has 4 rings (SSSR count). The average molecular weight is 653 g/mol. The van der Waals surface area contributed by atoms with E-state index in [1.807, 2.05) is 18.5 Å². The van der Waals surface area contributed by atoms with E-state index in [0.717, 1.165) is 32.8 Å². The number of ether oxygens (including phenoxy) is 1. The number of pyridine rings is 1. The van der Waals surface area contributed by atoms with Crippen molar-refractivity contribution in [2.45, 2.75) is 31.2 Å². The molecule has 0 spiro atoms. The molecule has 4 heterocycles. The fourth-order valence-corrected chi connectivity index (χ4v) is 3.58. The van der Waals surface area contributed by atoms with Crippen molar-refractivity contribution in [3.63, 3.8) is 0 Å². The van der Waals surface area contributed by atoms with E-state index in [2.05, 4.69) is 37.3 Å². The van der Waals surface area contributed by atoms with Crippen molar-refractivity contribution in [1.29, 1.82) is 0 Å². The van der Waals surface area contributed by atoms with Gasteiger partial charge in [0.1, 0.15) is 0 Å². The number of carboxylic acid groups (broad SMARTS) is 3. The number of nitrogens with one attached hydrogen (secondary N) is 1. The molecule has 0 amide bonds. The average Bonchev–Trinajstić information content (AvgIpc) is 3.48. The van der Waals surface area contributed by atoms with Crippen LogP contribution in [0.2, 0.25) is 0 Å². The SMILES string of the molecule is O=C(O)C(F)(F)F.O=C(O)C(F)(F)F.O=C(O)C(F)(F)F.c1cnc(NC[C@H]2CO[C@@H]3CN(Cc4ccncc4)C[C@H]23)nc1. The first-order valence-electron chi connectivity index (χ1n) is 11.9. The number of anilines is 1. The molecular formula is C23H24F9N5O7. The van der Waals surface area contributed by atoms with E-state index >= 15 is 0 Å². The molecule has 2 aromatic rings. The highest BCUT2D eigenvalue weighted by Gasteiger charge is 2.43. The van der Waals surface area contributed by atoms with Gasteiger partial charge in [-0.3, -0.25) is 9.88 Å². The number of hydrogen-bond acceptors (Lipinski definition) is 9. The Balaban J connectivity index is 0.000000379. The molecule has 2 aliphatic rings. The van der Waals surface area contributed by atoms with Crippen LogP contribution in [0.3, 0.4) is 0 Å². The van der Waals surface area contributed by atoms with Gasteiger partial charge < -0.3 is 25.4 Å². The van der Waals surface area contributed by atoms with E-state index in [1.165, 1.54) is 5.56 Å². The number of fused-ring (bicyclic) bond motifs is 1. The second-order valence-electron chi connectivity index (χ2n) is 8.71. The number of likely N-dealkylation sites (tertiary alicyclic amines) is 1. The number of rotatable bonds is 5. The predicted octanol–water partition coefficient (Wildman–Crippen LogP) is 3.33. The quantitative estimate of drug-likeness (QED) is 0.347. The smallest absolute Gasteiger partial charge is 0.475 e. The number of halogens is 9. The van der Waals surface area contributed by atoms with Gasteiger partial charge in [-0.25, -0.2) is 24.4 Å². The summed E-state index contributed by atoms with van der Waals surface area (Å²) < 4.78 is 101. The van der Waals surface area contributed by atoms with Crippen LogP contribution in [-0.4, -0.2) is 104 Å². The van der Waals surface area contributed by atoms with Crippen LogP contribution >= 0.6 is 0 Å². The van der Waals surface area contributed by atoms with E-state index < -0.39 is 36.4 Å². The van der Waals surface area contributed by atoms with E-state index in [4.69, 9.17) is 34.4 Å². The Labute approximate surface area is 241 Å². The summed E-state index contributed by atoms with van der Waals surface area (Å²) >= 11 is 0. The summed E-state index contributed by atoms with van der Waals surface area (Å²) in [6.07, 6.45) is -7.66. The van der Waals surface area contributed by atoms with Gasteiger partial charge in [-0.15, -0.1) is 0 Å². The Morgan fingerprint density at radius 3 is 1.70 bits per heavy atom. The van der Waals surface area contributed by atoms with Gasteiger partial charge in [-0.05, 0) is 23.8 Å². The predicted molar refractivity (Wildman–Crippen MR) is 128 cm³/mol. The first kappa shape index (κ1) is 37.8. The van der Waals surface area contributed by atoms with Crippen LogP contribution < -0.4 is 5.32 Å². The van der Waals surface area contributed by atoms with Gasteiger partial charge in [0.2, 0.25) is 5.95 Å². The number of aliphatic carboxylic acids is 3. The largest absolute Gasteiger partial charge is 0.490 e. The number of hydrogen-bond donors (Lipinski definition) is 4. The van der Waals surface area contributed by atoms with Crippen LogP contribution in [0.25, 0.3) is 0 Å². The number of carbonyl (C=O) groups is 3. The highest BCUT2D eigenvalue weighted by Crippen LogP contribution is 2.34.